The van der Waals surface area contributed by atoms with Crippen molar-refractivity contribution < 1.29 is 4.74 Å². The molecule has 1 N–H and O–H groups in total. The zero-order valence-electron chi connectivity index (χ0n) is 12.3. The molecule has 2 aromatic rings. The van der Waals surface area contributed by atoms with Crippen molar-refractivity contribution >= 4 is 27.7 Å². The third-order valence-electron chi connectivity index (χ3n) is 3.18. The van der Waals surface area contributed by atoms with Crippen LogP contribution in [-0.4, -0.2) is 19.4 Å². The highest BCUT2D eigenvalue weighted by molar-refractivity contribution is 9.10. The molecular formula is C17H20BrNOS. The third-order valence-corrected chi connectivity index (χ3v) is 4.81. The summed E-state index contributed by atoms with van der Waals surface area (Å²) in [6.45, 7) is 3.08. The monoisotopic (exact) mass is 365 g/mol. The fourth-order valence-electron chi connectivity index (χ4n) is 2.09. The normalized spacial score (nSPS) is 12.1. The number of ether oxygens (including phenoxy) is 1. The van der Waals surface area contributed by atoms with Gasteiger partial charge in [-0.05, 0) is 48.5 Å². The van der Waals surface area contributed by atoms with Gasteiger partial charge in [0.15, 0.2) is 0 Å². The SMILES string of the molecule is CCNC(CSc1ccc(Br)cc1)c1cccc(OC)c1. The van der Waals surface area contributed by atoms with E-state index in [0.29, 0.717) is 6.04 Å². The first kappa shape index (κ1) is 16.4. The first-order valence-corrected chi connectivity index (χ1v) is 8.76. The Kier molecular flexibility index (Phi) is 6.61. The summed E-state index contributed by atoms with van der Waals surface area (Å²) in [4.78, 5) is 1.28. The van der Waals surface area contributed by atoms with Gasteiger partial charge in [-0.25, -0.2) is 0 Å². The molecule has 0 saturated carbocycles. The molecule has 0 aliphatic heterocycles. The van der Waals surface area contributed by atoms with Crippen LogP contribution >= 0.6 is 27.7 Å². The molecule has 112 valence electrons. The van der Waals surface area contributed by atoms with Crippen LogP contribution < -0.4 is 10.1 Å². The largest absolute Gasteiger partial charge is 0.497 e. The Morgan fingerprint density at radius 3 is 2.62 bits per heavy atom. The lowest BCUT2D eigenvalue weighted by Crippen LogP contribution is -2.22. The van der Waals surface area contributed by atoms with E-state index in [0.717, 1.165) is 22.5 Å². The molecule has 0 aliphatic carbocycles. The number of benzene rings is 2. The van der Waals surface area contributed by atoms with Crippen molar-refractivity contribution in [1.82, 2.24) is 5.32 Å². The van der Waals surface area contributed by atoms with Crippen LogP contribution in [0.3, 0.4) is 0 Å². The molecule has 1 atom stereocenters. The van der Waals surface area contributed by atoms with Crippen molar-refractivity contribution in [2.75, 3.05) is 19.4 Å². The second kappa shape index (κ2) is 8.47. The van der Waals surface area contributed by atoms with Gasteiger partial charge < -0.3 is 10.1 Å². The molecule has 0 fully saturated rings. The van der Waals surface area contributed by atoms with Crippen LogP contribution in [0.2, 0.25) is 0 Å². The molecule has 0 bridgehead atoms. The summed E-state index contributed by atoms with van der Waals surface area (Å²) in [6.07, 6.45) is 0. The predicted molar refractivity (Wildman–Crippen MR) is 94.3 cm³/mol. The van der Waals surface area contributed by atoms with Crippen LogP contribution in [0.15, 0.2) is 57.9 Å². The van der Waals surface area contributed by atoms with Crippen LogP contribution in [0.5, 0.6) is 5.75 Å². The molecule has 21 heavy (non-hydrogen) atoms. The summed E-state index contributed by atoms with van der Waals surface area (Å²) in [6, 6.07) is 17.0. The smallest absolute Gasteiger partial charge is 0.119 e. The van der Waals surface area contributed by atoms with E-state index in [-0.39, 0.29) is 0 Å². The second-order valence-corrected chi connectivity index (χ2v) is 6.66. The van der Waals surface area contributed by atoms with Crippen LogP contribution in [0, 0.1) is 0 Å². The Morgan fingerprint density at radius 2 is 1.95 bits per heavy atom. The summed E-state index contributed by atoms with van der Waals surface area (Å²) < 4.78 is 6.43. The summed E-state index contributed by atoms with van der Waals surface area (Å²) in [5.41, 5.74) is 1.26. The van der Waals surface area contributed by atoms with E-state index >= 15 is 0 Å². The quantitative estimate of drug-likeness (QED) is 0.705. The molecule has 0 amide bonds. The van der Waals surface area contributed by atoms with Crippen LogP contribution in [0.25, 0.3) is 0 Å². The lowest BCUT2D eigenvalue weighted by atomic mass is 10.1. The predicted octanol–water partition coefficient (Wildman–Crippen LogP) is 4.90. The Bertz CT molecular complexity index is 559. The number of rotatable bonds is 7. The zero-order chi connectivity index (χ0) is 15.1. The number of hydrogen-bond donors (Lipinski definition) is 1. The van der Waals surface area contributed by atoms with Crippen molar-refractivity contribution in [1.29, 1.82) is 0 Å². The zero-order valence-corrected chi connectivity index (χ0v) is 14.7. The number of nitrogens with one attached hydrogen (secondary N) is 1. The second-order valence-electron chi connectivity index (χ2n) is 4.65. The Hall–Kier alpha value is -0.970. The molecule has 0 aromatic heterocycles. The average Bonchev–Trinajstić information content (AvgIpc) is 2.53. The maximum Gasteiger partial charge on any atom is 0.119 e. The first-order chi connectivity index (χ1) is 10.2. The standard InChI is InChI=1S/C17H20BrNOS/c1-3-19-17(13-5-4-6-15(11-13)20-2)12-21-16-9-7-14(18)8-10-16/h4-11,17,19H,3,12H2,1-2H3. The fourth-order valence-corrected chi connectivity index (χ4v) is 3.35. The molecule has 0 spiro atoms. The van der Waals surface area contributed by atoms with Crippen molar-refractivity contribution in [2.24, 2.45) is 0 Å². The maximum absolute atomic E-state index is 5.32. The summed E-state index contributed by atoms with van der Waals surface area (Å²) in [7, 11) is 1.71. The van der Waals surface area contributed by atoms with E-state index in [1.54, 1.807) is 7.11 Å². The summed E-state index contributed by atoms with van der Waals surface area (Å²) in [5.74, 6) is 1.90. The van der Waals surface area contributed by atoms with Crippen molar-refractivity contribution in [2.45, 2.75) is 17.9 Å². The first-order valence-electron chi connectivity index (χ1n) is 6.98. The van der Waals surface area contributed by atoms with Gasteiger partial charge in [0.05, 0.1) is 7.11 Å². The van der Waals surface area contributed by atoms with Gasteiger partial charge in [-0.3, -0.25) is 0 Å². The van der Waals surface area contributed by atoms with Crippen LogP contribution in [0.1, 0.15) is 18.5 Å². The third kappa shape index (κ3) is 5.06. The number of hydrogen-bond acceptors (Lipinski definition) is 3. The van der Waals surface area contributed by atoms with E-state index < -0.39 is 0 Å². The van der Waals surface area contributed by atoms with E-state index in [4.69, 9.17) is 4.74 Å². The molecule has 2 aromatic carbocycles. The van der Waals surface area contributed by atoms with Gasteiger partial charge in [0.1, 0.15) is 5.75 Å². The minimum absolute atomic E-state index is 0.318. The average molecular weight is 366 g/mol. The molecule has 2 rings (SSSR count). The van der Waals surface area contributed by atoms with Crippen molar-refractivity contribution in [3.63, 3.8) is 0 Å². The van der Waals surface area contributed by atoms with Crippen LogP contribution in [-0.2, 0) is 0 Å². The maximum atomic E-state index is 5.32. The van der Waals surface area contributed by atoms with Gasteiger partial charge in [-0.2, -0.15) is 0 Å². The molecule has 0 radical (unpaired) electrons. The molecule has 1 unspecified atom stereocenters. The van der Waals surface area contributed by atoms with Crippen molar-refractivity contribution in [3.05, 3.63) is 58.6 Å². The topological polar surface area (TPSA) is 21.3 Å². The van der Waals surface area contributed by atoms with Gasteiger partial charge in [0.25, 0.3) is 0 Å². The molecule has 4 heteroatoms. The van der Waals surface area contributed by atoms with E-state index in [2.05, 4.69) is 64.6 Å². The number of thioether (sulfide) groups is 1. The summed E-state index contributed by atoms with van der Waals surface area (Å²) >= 11 is 5.33. The summed E-state index contributed by atoms with van der Waals surface area (Å²) in [5, 5.41) is 3.55. The highest BCUT2D eigenvalue weighted by Crippen LogP contribution is 2.27. The Balaban J connectivity index is 2.05. The minimum Gasteiger partial charge on any atom is -0.497 e. The van der Waals surface area contributed by atoms with E-state index in [1.807, 2.05) is 23.9 Å². The van der Waals surface area contributed by atoms with Gasteiger partial charge in [-0.15, -0.1) is 11.8 Å². The molecule has 2 nitrogen and oxygen atoms in total. The van der Waals surface area contributed by atoms with Crippen molar-refractivity contribution in [3.8, 4) is 5.75 Å². The molecule has 0 heterocycles. The minimum atomic E-state index is 0.318. The van der Waals surface area contributed by atoms with E-state index in [9.17, 15) is 0 Å². The number of halogens is 1. The van der Waals surface area contributed by atoms with Gasteiger partial charge in [0, 0.05) is 21.2 Å². The van der Waals surface area contributed by atoms with Gasteiger partial charge in [0.2, 0.25) is 0 Å². The highest BCUT2D eigenvalue weighted by Gasteiger charge is 2.11. The Labute approximate surface area is 139 Å². The van der Waals surface area contributed by atoms with Gasteiger partial charge in [-0.1, -0.05) is 35.0 Å². The lowest BCUT2D eigenvalue weighted by Gasteiger charge is -2.18. The highest BCUT2D eigenvalue weighted by atomic mass is 79.9. The van der Waals surface area contributed by atoms with Gasteiger partial charge >= 0.3 is 0 Å². The molecule has 0 aliphatic rings. The number of methoxy groups -OCH3 is 1. The van der Waals surface area contributed by atoms with E-state index in [1.165, 1.54) is 10.5 Å². The van der Waals surface area contributed by atoms with Crippen LogP contribution in [0.4, 0.5) is 0 Å². The molecular weight excluding hydrogens is 346 g/mol. The Morgan fingerprint density at radius 1 is 1.19 bits per heavy atom. The lowest BCUT2D eigenvalue weighted by molar-refractivity contribution is 0.413. The molecule has 0 saturated heterocycles. The fraction of sp³-hybridized carbons (Fsp3) is 0.294.